The van der Waals surface area contributed by atoms with Crippen LogP contribution in [0.1, 0.15) is 27.2 Å². The predicted octanol–water partition coefficient (Wildman–Crippen LogP) is 2.39. The van der Waals surface area contributed by atoms with Crippen molar-refractivity contribution in [2.75, 3.05) is 38.3 Å². The van der Waals surface area contributed by atoms with E-state index in [2.05, 4.69) is 28.7 Å². The Hall–Kier alpha value is -1.07. The molecule has 0 aliphatic rings. The van der Waals surface area contributed by atoms with Gasteiger partial charge in [-0.15, -0.1) is 0 Å². The molecule has 1 aromatic heterocycles. The van der Waals surface area contributed by atoms with Crippen molar-refractivity contribution in [1.82, 2.24) is 9.55 Å². The topological polar surface area (TPSA) is 48.3 Å². The maximum absolute atomic E-state index is 5.58. The first-order valence-corrected chi connectivity index (χ1v) is 7.14. The summed E-state index contributed by atoms with van der Waals surface area (Å²) >= 11 is 0. The Bertz CT molecular complexity index is 326. The van der Waals surface area contributed by atoms with Gasteiger partial charge in [0, 0.05) is 45.3 Å². The zero-order valence-corrected chi connectivity index (χ0v) is 12.4. The highest BCUT2D eigenvalue weighted by Gasteiger charge is 2.02. The fourth-order valence-electron chi connectivity index (χ4n) is 1.66. The molecule has 0 atom stereocenters. The average molecular weight is 269 g/mol. The van der Waals surface area contributed by atoms with Crippen molar-refractivity contribution in [3.8, 4) is 0 Å². The molecule has 0 saturated carbocycles. The molecular weight excluding hydrogens is 242 g/mol. The van der Waals surface area contributed by atoms with Crippen molar-refractivity contribution in [2.24, 2.45) is 5.92 Å². The van der Waals surface area contributed by atoms with Crippen molar-refractivity contribution < 1.29 is 9.47 Å². The van der Waals surface area contributed by atoms with Gasteiger partial charge in [0.2, 0.25) is 5.95 Å². The maximum Gasteiger partial charge on any atom is 0.202 e. The number of hydrogen-bond donors (Lipinski definition) is 1. The Morgan fingerprint density at radius 2 is 2.16 bits per heavy atom. The van der Waals surface area contributed by atoms with E-state index >= 15 is 0 Å². The number of nitrogens with one attached hydrogen (secondary N) is 1. The predicted molar refractivity (Wildman–Crippen MR) is 77.5 cm³/mol. The van der Waals surface area contributed by atoms with Gasteiger partial charge in [-0.05, 0) is 19.3 Å². The Kier molecular flexibility index (Phi) is 8.25. The van der Waals surface area contributed by atoms with Crippen molar-refractivity contribution >= 4 is 5.95 Å². The molecule has 1 rings (SSSR count). The van der Waals surface area contributed by atoms with E-state index < -0.39 is 0 Å². The van der Waals surface area contributed by atoms with Crippen LogP contribution in [0, 0.1) is 5.92 Å². The van der Waals surface area contributed by atoms with Crippen molar-refractivity contribution in [2.45, 2.75) is 33.7 Å². The lowest BCUT2D eigenvalue weighted by Gasteiger charge is -2.11. The summed E-state index contributed by atoms with van der Waals surface area (Å²) in [5.74, 6) is 1.49. The molecule has 0 spiro atoms. The third-order valence-electron chi connectivity index (χ3n) is 2.60. The Morgan fingerprint density at radius 1 is 1.32 bits per heavy atom. The number of aromatic nitrogens is 2. The van der Waals surface area contributed by atoms with Crippen LogP contribution in [0.4, 0.5) is 5.95 Å². The van der Waals surface area contributed by atoms with E-state index in [1.807, 2.05) is 19.3 Å². The fourth-order valence-corrected chi connectivity index (χ4v) is 1.66. The van der Waals surface area contributed by atoms with Crippen LogP contribution in [0.2, 0.25) is 0 Å². The third kappa shape index (κ3) is 7.18. The smallest absolute Gasteiger partial charge is 0.202 e. The Balaban J connectivity index is 2.18. The van der Waals surface area contributed by atoms with E-state index in [9.17, 15) is 0 Å². The summed E-state index contributed by atoms with van der Waals surface area (Å²) in [5, 5.41) is 3.32. The van der Waals surface area contributed by atoms with E-state index in [0.717, 1.165) is 51.9 Å². The molecule has 0 aliphatic heterocycles. The first-order valence-electron chi connectivity index (χ1n) is 7.14. The number of rotatable bonds is 11. The second kappa shape index (κ2) is 9.81. The molecule has 1 aromatic rings. The molecule has 5 heteroatoms. The third-order valence-corrected chi connectivity index (χ3v) is 2.60. The van der Waals surface area contributed by atoms with Gasteiger partial charge < -0.3 is 19.4 Å². The number of hydrogen-bond acceptors (Lipinski definition) is 4. The maximum atomic E-state index is 5.58. The van der Waals surface area contributed by atoms with E-state index in [0.29, 0.717) is 5.92 Å². The minimum atomic E-state index is 0.582. The molecule has 5 nitrogen and oxygen atoms in total. The van der Waals surface area contributed by atoms with Crippen molar-refractivity contribution in [3.05, 3.63) is 12.4 Å². The highest BCUT2D eigenvalue weighted by molar-refractivity contribution is 5.25. The van der Waals surface area contributed by atoms with Crippen LogP contribution in [-0.4, -0.2) is 42.5 Å². The standard InChI is InChI=1S/C14H27N3O2/c1-4-18-10-5-6-15-14-16-7-8-17(14)9-11-19-12-13(2)3/h7-8,13H,4-6,9-12H2,1-3H3,(H,15,16). The first-order chi connectivity index (χ1) is 9.24. The molecule has 0 fully saturated rings. The van der Waals surface area contributed by atoms with Gasteiger partial charge in [-0.25, -0.2) is 4.98 Å². The van der Waals surface area contributed by atoms with Crippen LogP contribution >= 0.6 is 0 Å². The molecule has 1 N–H and O–H groups in total. The summed E-state index contributed by atoms with van der Waals surface area (Å²) < 4.78 is 13.0. The second-order valence-corrected chi connectivity index (χ2v) is 4.89. The minimum Gasteiger partial charge on any atom is -0.382 e. The van der Waals surface area contributed by atoms with Gasteiger partial charge in [0.25, 0.3) is 0 Å². The van der Waals surface area contributed by atoms with Gasteiger partial charge in [0.1, 0.15) is 0 Å². The fraction of sp³-hybridized carbons (Fsp3) is 0.786. The van der Waals surface area contributed by atoms with E-state index in [-0.39, 0.29) is 0 Å². The van der Waals surface area contributed by atoms with E-state index in [1.54, 1.807) is 0 Å². The molecule has 19 heavy (non-hydrogen) atoms. The lowest BCUT2D eigenvalue weighted by atomic mass is 10.2. The van der Waals surface area contributed by atoms with Crippen LogP contribution in [0.25, 0.3) is 0 Å². The molecular formula is C14H27N3O2. The SMILES string of the molecule is CCOCCCNc1nccn1CCOCC(C)C. The van der Waals surface area contributed by atoms with Gasteiger partial charge in [-0.2, -0.15) is 0 Å². The van der Waals surface area contributed by atoms with Crippen LogP contribution < -0.4 is 5.32 Å². The molecule has 0 radical (unpaired) electrons. The number of ether oxygens (including phenoxy) is 2. The van der Waals surface area contributed by atoms with Crippen LogP contribution in [0.5, 0.6) is 0 Å². The molecule has 1 heterocycles. The highest BCUT2D eigenvalue weighted by Crippen LogP contribution is 2.04. The lowest BCUT2D eigenvalue weighted by molar-refractivity contribution is 0.103. The van der Waals surface area contributed by atoms with Crippen LogP contribution in [-0.2, 0) is 16.0 Å². The lowest BCUT2D eigenvalue weighted by Crippen LogP contribution is -2.13. The molecule has 0 amide bonds. The summed E-state index contributed by atoms with van der Waals surface area (Å²) in [6.45, 7) is 11.1. The highest BCUT2D eigenvalue weighted by atomic mass is 16.5. The molecule has 0 aromatic carbocycles. The second-order valence-electron chi connectivity index (χ2n) is 4.89. The van der Waals surface area contributed by atoms with Gasteiger partial charge in [-0.1, -0.05) is 13.8 Å². The quantitative estimate of drug-likeness (QED) is 0.627. The largest absolute Gasteiger partial charge is 0.382 e. The normalized spacial score (nSPS) is 11.2. The summed E-state index contributed by atoms with van der Waals surface area (Å²) in [5.41, 5.74) is 0. The number of nitrogens with zero attached hydrogens (tertiary/aromatic N) is 2. The minimum absolute atomic E-state index is 0.582. The monoisotopic (exact) mass is 269 g/mol. The Morgan fingerprint density at radius 3 is 2.89 bits per heavy atom. The number of anilines is 1. The Labute approximate surface area is 116 Å². The van der Waals surface area contributed by atoms with Gasteiger partial charge >= 0.3 is 0 Å². The summed E-state index contributed by atoms with van der Waals surface area (Å²) in [4.78, 5) is 4.30. The van der Waals surface area contributed by atoms with E-state index in [4.69, 9.17) is 9.47 Å². The van der Waals surface area contributed by atoms with Crippen molar-refractivity contribution in [1.29, 1.82) is 0 Å². The number of imidazole rings is 1. The van der Waals surface area contributed by atoms with Gasteiger partial charge in [0.15, 0.2) is 0 Å². The zero-order valence-electron chi connectivity index (χ0n) is 12.4. The first kappa shape index (κ1) is 16.0. The summed E-state index contributed by atoms with van der Waals surface area (Å²) in [6, 6.07) is 0. The van der Waals surface area contributed by atoms with Crippen molar-refractivity contribution in [3.63, 3.8) is 0 Å². The average Bonchev–Trinajstić information content (AvgIpc) is 2.82. The molecule has 110 valence electrons. The zero-order chi connectivity index (χ0) is 13.9. The van der Waals surface area contributed by atoms with Gasteiger partial charge in [0.05, 0.1) is 6.61 Å². The van der Waals surface area contributed by atoms with E-state index in [1.165, 1.54) is 0 Å². The molecule has 0 unspecified atom stereocenters. The summed E-state index contributed by atoms with van der Waals surface area (Å²) in [6.07, 6.45) is 4.78. The molecule has 0 saturated heterocycles. The van der Waals surface area contributed by atoms with Gasteiger partial charge in [-0.3, -0.25) is 0 Å². The van der Waals surface area contributed by atoms with Crippen LogP contribution in [0.3, 0.4) is 0 Å². The van der Waals surface area contributed by atoms with Crippen LogP contribution in [0.15, 0.2) is 12.4 Å². The molecule has 0 aliphatic carbocycles. The molecule has 0 bridgehead atoms. The summed E-state index contributed by atoms with van der Waals surface area (Å²) in [7, 11) is 0.